The molecule has 3 saturated heterocycles. The lowest BCUT2D eigenvalue weighted by atomic mass is 9.96. The molecule has 4 rings (SSSR count). The zero-order valence-electron chi connectivity index (χ0n) is 20.0. The number of methoxy groups -OCH3 is 1. The number of halogens is 1. The van der Waals surface area contributed by atoms with Gasteiger partial charge in [-0.05, 0) is 50.4 Å². The number of amides is 2. The lowest BCUT2D eigenvalue weighted by molar-refractivity contribution is -0.149. The van der Waals surface area contributed by atoms with Gasteiger partial charge in [-0.15, -0.1) is 0 Å². The van der Waals surface area contributed by atoms with Gasteiger partial charge >= 0.3 is 5.97 Å². The van der Waals surface area contributed by atoms with Gasteiger partial charge < -0.3 is 15.0 Å². The van der Waals surface area contributed by atoms with E-state index in [1.54, 1.807) is 0 Å². The summed E-state index contributed by atoms with van der Waals surface area (Å²) < 4.78 is 4.83. The van der Waals surface area contributed by atoms with Crippen LogP contribution in [0, 0.1) is 5.92 Å². The smallest absolute Gasteiger partial charge is 0.308 e. The maximum Gasteiger partial charge on any atom is 0.308 e. The van der Waals surface area contributed by atoms with Crippen LogP contribution in [0.25, 0.3) is 0 Å². The van der Waals surface area contributed by atoms with E-state index in [0.29, 0.717) is 56.9 Å². The van der Waals surface area contributed by atoms with E-state index in [1.807, 2.05) is 29.2 Å². The largest absolute Gasteiger partial charge is 0.469 e. The summed E-state index contributed by atoms with van der Waals surface area (Å²) in [7, 11) is 3.49. The summed E-state index contributed by atoms with van der Waals surface area (Å²) in [5.41, 5.74) is 1.10. The minimum Gasteiger partial charge on any atom is -0.469 e. The molecular formula is C25H35ClN4O4. The van der Waals surface area contributed by atoms with Crippen molar-refractivity contribution >= 4 is 29.4 Å². The highest BCUT2D eigenvalue weighted by atomic mass is 35.5. The molecule has 1 N–H and O–H groups in total. The van der Waals surface area contributed by atoms with Crippen molar-refractivity contribution in [1.82, 2.24) is 20.0 Å². The van der Waals surface area contributed by atoms with Crippen molar-refractivity contribution in [2.24, 2.45) is 5.92 Å². The van der Waals surface area contributed by atoms with E-state index in [1.165, 1.54) is 7.11 Å². The Labute approximate surface area is 206 Å². The number of benzene rings is 1. The van der Waals surface area contributed by atoms with Crippen molar-refractivity contribution < 1.29 is 19.1 Å². The summed E-state index contributed by atoms with van der Waals surface area (Å²) in [6.07, 6.45) is 3.37. The molecule has 34 heavy (non-hydrogen) atoms. The van der Waals surface area contributed by atoms with Crippen molar-refractivity contribution in [3.63, 3.8) is 0 Å². The average molecular weight is 491 g/mol. The molecule has 0 bridgehead atoms. The van der Waals surface area contributed by atoms with Crippen LogP contribution < -0.4 is 5.32 Å². The molecule has 0 radical (unpaired) electrons. The molecule has 3 heterocycles. The van der Waals surface area contributed by atoms with Crippen LogP contribution in [-0.2, 0) is 25.7 Å². The third-order valence-corrected chi connectivity index (χ3v) is 7.93. The molecule has 0 saturated carbocycles. The van der Waals surface area contributed by atoms with E-state index in [-0.39, 0.29) is 41.8 Å². The van der Waals surface area contributed by atoms with Crippen molar-refractivity contribution in [2.45, 2.75) is 56.8 Å². The van der Waals surface area contributed by atoms with E-state index < -0.39 is 0 Å². The second-order valence-electron chi connectivity index (χ2n) is 9.68. The maximum atomic E-state index is 13.0. The van der Waals surface area contributed by atoms with Gasteiger partial charge in [-0.3, -0.25) is 24.2 Å². The van der Waals surface area contributed by atoms with Crippen molar-refractivity contribution in [3.8, 4) is 0 Å². The number of nitrogens with one attached hydrogen (secondary N) is 1. The second-order valence-corrected chi connectivity index (χ2v) is 10.1. The van der Waals surface area contributed by atoms with Crippen LogP contribution in [0.4, 0.5) is 0 Å². The van der Waals surface area contributed by atoms with E-state index in [4.69, 9.17) is 16.3 Å². The number of piperidine rings is 1. The predicted octanol–water partition coefficient (Wildman–Crippen LogP) is 1.90. The maximum absolute atomic E-state index is 13.0. The minimum atomic E-state index is -0.206. The molecule has 8 nitrogen and oxygen atoms in total. The van der Waals surface area contributed by atoms with Gasteiger partial charge in [-0.25, -0.2) is 0 Å². The quantitative estimate of drug-likeness (QED) is 0.613. The van der Waals surface area contributed by atoms with Crippen LogP contribution in [-0.4, -0.2) is 90.9 Å². The molecule has 1 aromatic carbocycles. The third kappa shape index (κ3) is 5.56. The molecule has 0 aliphatic carbocycles. The van der Waals surface area contributed by atoms with Gasteiger partial charge in [0, 0.05) is 56.3 Å². The number of likely N-dealkylation sites (tertiary alicyclic amines) is 2. The van der Waals surface area contributed by atoms with Crippen LogP contribution in [0.5, 0.6) is 0 Å². The Morgan fingerprint density at radius 1 is 1.18 bits per heavy atom. The first kappa shape index (κ1) is 24.9. The highest BCUT2D eigenvalue weighted by Gasteiger charge is 2.45. The van der Waals surface area contributed by atoms with Crippen LogP contribution in [0.3, 0.4) is 0 Å². The Kier molecular flexibility index (Phi) is 8.11. The van der Waals surface area contributed by atoms with E-state index >= 15 is 0 Å². The van der Waals surface area contributed by atoms with Crippen LogP contribution in [0.2, 0.25) is 5.02 Å². The normalized spacial score (nSPS) is 26.6. The number of esters is 1. The predicted molar refractivity (Wildman–Crippen MR) is 129 cm³/mol. The van der Waals surface area contributed by atoms with E-state index in [2.05, 4.69) is 22.2 Å². The Bertz CT molecular complexity index is 905. The third-order valence-electron chi connectivity index (χ3n) is 7.70. The van der Waals surface area contributed by atoms with Gasteiger partial charge in [0.15, 0.2) is 0 Å². The molecule has 3 atom stereocenters. The Balaban J connectivity index is 1.32. The molecule has 186 valence electrons. The Morgan fingerprint density at radius 2 is 1.94 bits per heavy atom. The second kappa shape index (κ2) is 11.1. The standard InChI is InChI=1S/C25H35ClN4O4/c1-28-20(6-7-22(31)29-11-8-18(9-12-29)25(33)34-2)15-27-24(32)23-21(28)10-13-30(23)16-17-4-3-5-19(26)14-17/h3-5,14,18,20-21,23H,6-13,15-16H2,1-2H3,(H,27,32)/t20-,21-,23-/m0/s1. The Hall–Kier alpha value is -2.16. The monoisotopic (exact) mass is 490 g/mol. The molecule has 9 heteroatoms. The lowest BCUT2D eigenvalue weighted by Crippen LogP contribution is -2.49. The molecule has 0 spiro atoms. The zero-order valence-corrected chi connectivity index (χ0v) is 20.8. The highest BCUT2D eigenvalue weighted by molar-refractivity contribution is 6.30. The molecule has 3 aliphatic heterocycles. The number of likely N-dealkylation sites (N-methyl/N-ethyl adjacent to an activating group) is 1. The minimum absolute atomic E-state index is 0.0649. The summed E-state index contributed by atoms with van der Waals surface area (Å²) in [5.74, 6) is -0.0993. The fourth-order valence-electron chi connectivity index (χ4n) is 5.68. The van der Waals surface area contributed by atoms with Gasteiger partial charge in [-0.1, -0.05) is 23.7 Å². The number of nitrogens with zero attached hydrogens (tertiary/aromatic N) is 3. The van der Waals surface area contributed by atoms with Crippen molar-refractivity contribution in [2.75, 3.05) is 40.3 Å². The number of carbonyl (C=O) groups excluding carboxylic acids is 3. The van der Waals surface area contributed by atoms with Gasteiger partial charge in [0.05, 0.1) is 13.0 Å². The Morgan fingerprint density at radius 3 is 2.65 bits per heavy atom. The van der Waals surface area contributed by atoms with Crippen LogP contribution >= 0.6 is 11.6 Å². The fraction of sp³-hybridized carbons (Fsp3) is 0.640. The first-order valence-electron chi connectivity index (χ1n) is 12.2. The highest BCUT2D eigenvalue weighted by Crippen LogP contribution is 2.29. The lowest BCUT2D eigenvalue weighted by Gasteiger charge is -2.34. The molecular weight excluding hydrogens is 456 g/mol. The zero-order chi connectivity index (χ0) is 24.2. The van der Waals surface area contributed by atoms with E-state index in [0.717, 1.165) is 18.5 Å². The fourth-order valence-corrected chi connectivity index (χ4v) is 5.89. The van der Waals surface area contributed by atoms with Gasteiger partial charge in [0.25, 0.3) is 0 Å². The van der Waals surface area contributed by atoms with Crippen molar-refractivity contribution in [1.29, 1.82) is 0 Å². The number of carbonyl (C=O) groups is 3. The summed E-state index contributed by atoms with van der Waals surface area (Å²) >= 11 is 6.15. The number of rotatable bonds is 6. The molecule has 1 aromatic rings. The van der Waals surface area contributed by atoms with E-state index in [9.17, 15) is 14.4 Å². The summed E-state index contributed by atoms with van der Waals surface area (Å²) in [6.45, 7) is 3.27. The van der Waals surface area contributed by atoms with Gasteiger partial charge in [0.1, 0.15) is 6.04 Å². The average Bonchev–Trinajstić information content (AvgIpc) is 3.21. The topological polar surface area (TPSA) is 82.2 Å². The SMILES string of the molecule is COC(=O)C1CCN(C(=O)CC[C@H]2CNC(=O)[C@@H]3[C@H](CCN3Cc3cccc(Cl)c3)N2C)CC1. The first-order chi connectivity index (χ1) is 16.4. The van der Waals surface area contributed by atoms with Crippen LogP contribution in [0.1, 0.15) is 37.7 Å². The molecule has 2 amide bonds. The van der Waals surface area contributed by atoms with Crippen LogP contribution in [0.15, 0.2) is 24.3 Å². The van der Waals surface area contributed by atoms with Crippen molar-refractivity contribution in [3.05, 3.63) is 34.9 Å². The number of hydrogen-bond donors (Lipinski definition) is 1. The number of ether oxygens (including phenoxy) is 1. The number of hydrogen-bond acceptors (Lipinski definition) is 6. The van der Waals surface area contributed by atoms with Gasteiger partial charge in [0.2, 0.25) is 11.8 Å². The first-order valence-corrected chi connectivity index (χ1v) is 12.6. The molecule has 0 aromatic heterocycles. The molecule has 3 fully saturated rings. The summed E-state index contributed by atoms with van der Waals surface area (Å²) in [5, 5.41) is 3.83. The summed E-state index contributed by atoms with van der Waals surface area (Å²) in [6, 6.07) is 7.82. The molecule has 3 aliphatic rings. The summed E-state index contributed by atoms with van der Waals surface area (Å²) in [4.78, 5) is 44.0. The van der Waals surface area contributed by atoms with Gasteiger partial charge in [-0.2, -0.15) is 0 Å². The number of fused-ring (bicyclic) bond motifs is 1. The molecule has 0 unspecified atom stereocenters.